The first-order valence-electron chi connectivity index (χ1n) is 13.8. The van der Waals surface area contributed by atoms with E-state index in [1.807, 2.05) is 74.2 Å². The molecular weight excluding hydrogens is 652 g/mol. The maximum absolute atomic E-state index is 11.6. The summed E-state index contributed by atoms with van der Waals surface area (Å²) in [5, 5.41) is 2.03. The normalized spacial score (nSPS) is 12.5. The van der Waals surface area contributed by atoms with Crippen molar-refractivity contribution in [3.63, 3.8) is 0 Å². The topological polar surface area (TPSA) is 107 Å². The van der Waals surface area contributed by atoms with Crippen LogP contribution in [0, 0.1) is 5.92 Å². The molecule has 0 saturated heterocycles. The SMILES string of the molecule is C.C.C.C.C.CC(C)C(=O)OC1CCCC1.CC(C)NS(=O)(=O)CC(F)(F)F.CC(C)Oc1nc2ccccc2nc1-c1cccs1. The molecule has 4 rings (SSSR count). The van der Waals surface area contributed by atoms with Crippen LogP contribution in [-0.2, 0) is 19.6 Å². The minimum absolute atomic E-state index is 0. The van der Waals surface area contributed by atoms with Crippen molar-refractivity contribution >= 4 is 38.4 Å². The molecule has 2 heterocycles. The lowest BCUT2D eigenvalue weighted by molar-refractivity contribution is -0.152. The Hall–Kier alpha value is -2.77. The number of esters is 1. The van der Waals surface area contributed by atoms with Crippen molar-refractivity contribution in [2.45, 2.75) is 129 Å². The first-order valence-corrected chi connectivity index (χ1v) is 16.3. The van der Waals surface area contributed by atoms with Crippen LogP contribution in [0.25, 0.3) is 21.6 Å². The molecule has 0 amide bonds. The summed E-state index contributed by atoms with van der Waals surface area (Å²) in [5.74, 6) is -1.23. The molecule has 0 unspecified atom stereocenters. The van der Waals surface area contributed by atoms with Crippen molar-refractivity contribution in [2.24, 2.45) is 5.92 Å². The molecule has 13 heteroatoms. The lowest BCUT2D eigenvalue weighted by Gasteiger charge is -2.12. The monoisotopic (exact) mass is 711 g/mol. The average molecular weight is 712 g/mol. The van der Waals surface area contributed by atoms with Gasteiger partial charge in [-0.2, -0.15) is 13.2 Å². The number of benzene rings is 1. The van der Waals surface area contributed by atoms with E-state index >= 15 is 0 Å². The Labute approximate surface area is 287 Å². The van der Waals surface area contributed by atoms with Crippen LogP contribution in [0.1, 0.15) is 104 Å². The molecule has 0 radical (unpaired) electrons. The van der Waals surface area contributed by atoms with Crippen LogP contribution in [0.4, 0.5) is 13.2 Å². The zero-order chi connectivity index (χ0) is 31.5. The minimum Gasteiger partial charge on any atom is -0.473 e. The lowest BCUT2D eigenvalue weighted by Crippen LogP contribution is -2.37. The van der Waals surface area contributed by atoms with E-state index in [0.29, 0.717) is 5.88 Å². The van der Waals surface area contributed by atoms with Crippen molar-refractivity contribution < 1.29 is 35.9 Å². The Bertz CT molecular complexity index is 1360. The Kier molecular flexibility index (Phi) is 25.6. The van der Waals surface area contributed by atoms with Crippen LogP contribution in [0.2, 0.25) is 0 Å². The van der Waals surface area contributed by atoms with Gasteiger partial charge in [0.25, 0.3) is 0 Å². The first-order chi connectivity index (χ1) is 19.6. The zero-order valence-corrected chi connectivity index (χ0v) is 26.4. The number of ether oxygens (including phenoxy) is 2. The summed E-state index contributed by atoms with van der Waals surface area (Å²) in [6.45, 7) is 10.6. The number of halogens is 3. The molecule has 8 nitrogen and oxygen atoms in total. The van der Waals surface area contributed by atoms with Gasteiger partial charge in [-0.15, -0.1) is 11.3 Å². The van der Waals surface area contributed by atoms with Crippen molar-refractivity contribution in [3.8, 4) is 16.5 Å². The largest absolute Gasteiger partial charge is 0.473 e. The van der Waals surface area contributed by atoms with Crippen LogP contribution < -0.4 is 9.46 Å². The highest BCUT2D eigenvalue weighted by Crippen LogP contribution is 2.32. The number of hydrogen-bond acceptors (Lipinski definition) is 8. The molecule has 1 N–H and O–H groups in total. The molecule has 1 aromatic carbocycles. The molecule has 1 aliphatic carbocycles. The smallest absolute Gasteiger partial charge is 0.404 e. The number of sulfonamides is 1. The molecule has 1 saturated carbocycles. The molecule has 0 aliphatic heterocycles. The van der Waals surface area contributed by atoms with E-state index in [1.54, 1.807) is 11.3 Å². The molecule has 3 aromatic rings. The van der Waals surface area contributed by atoms with Gasteiger partial charge in [0, 0.05) is 6.04 Å². The van der Waals surface area contributed by atoms with Gasteiger partial charge in [-0.05, 0) is 77.0 Å². The van der Waals surface area contributed by atoms with E-state index in [9.17, 15) is 26.4 Å². The van der Waals surface area contributed by atoms with Gasteiger partial charge in [0.2, 0.25) is 15.9 Å². The average Bonchev–Trinajstić information content (AvgIpc) is 3.56. The number of carbonyl (C=O) groups excluding carboxylic acids is 1. The van der Waals surface area contributed by atoms with Crippen molar-refractivity contribution in [1.29, 1.82) is 0 Å². The highest BCUT2D eigenvalue weighted by molar-refractivity contribution is 7.89. The minimum atomic E-state index is -4.68. The molecule has 0 spiro atoms. The fraction of sp³-hybridized carbons (Fsp3) is 0.618. The van der Waals surface area contributed by atoms with Crippen molar-refractivity contribution in [2.75, 3.05) is 5.75 Å². The standard InChI is InChI=1S/C15H14N2OS.C9H16O2.C5H10F3NO2S.5CH4/c1-10(2)18-15-14(13-8-5-9-19-13)16-11-6-3-4-7-12(11)17-15;1-7(2)9(10)11-8-5-3-4-6-8;1-4(2)9-12(10,11)3-5(6,7)8;;;;;/h3-10H,1-2H3;7-8H,3-6H2,1-2H3;4,9H,3H2,1-2H3;5*1H4. The summed E-state index contributed by atoms with van der Waals surface area (Å²) in [7, 11) is -4.21. The third-order valence-electron chi connectivity index (χ3n) is 5.47. The number of aromatic nitrogens is 2. The van der Waals surface area contributed by atoms with Gasteiger partial charge in [0.1, 0.15) is 11.8 Å². The summed E-state index contributed by atoms with van der Waals surface area (Å²) in [6, 6.07) is 11.4. The van der Waals surface area contributed by atoms with E-state index in [2.05, 4.69) is 4.98 Å². The van der Waals surface area contributed by atoms with Gasteiger partial charge in [-0.1, -0.05) is 69.2 Å². The first kappa shape index (κ1) is 51.1. The number of nitrogens with zero attached hydrogens (tertiary/aromatic N) is 2. The summed E-state index contributed by atoms with van der Waals surface area (Å²) in [4.78, 5) is 21.4. The van der Waals surface area contributed by atoms with Crippen LogP contribution in [-0.4, -0.2) is 54.5 Å². The second-order valence-corrected chi connectivity index (χ2v) is 13.4. The molecule has 0 atom stereocenters. The van der Waals surface area contributed by atoms with Crippen LogP contribution in [0.3, 0.4) is 0 Å². The van der Waals surface area contributed by atoms with E-state index in [1.165, 1.54) is 26.7 Å². The predicted octanol–water partition coefficient (Wildman–Crippen LogP) is 10.3. The Balaban J connectivity index is -0.000000295. The number of alkyl halides is 3. The summed E-state index contributed by atoms with van der Waals surface area (Å²) in [6.07, 6.45) is 0.197. The summed E-state index contributed by atoms with van der Waals surface area (Å²) in [5.41, 5.74) is 2.57. The Morgan fingerprint density at radius 2 is 1.45 bits per heavy atom. The van der Waals surface area contributed by atoms with Gasteiger partial charge < -0.3 is 9.47 Å². The van der Waals surface area contributed by atoms with E-state index < -0.39 is 28.0 Å². The molecule has 274 valence electrons. The lowest BCUT2D eigenvalue weighted by atomic mass is 10.2. The molecule has 1 fully saturated rings. The molecule has 1 aliphatic rings. The summed E-state index contributed by atoms with van der Waals surface area (Å²) >= 11 is 1.64. The predicted molar refractivity (Wildman–Crippen MR) is 194 cm³/mol. The second-order valence-electron chi connectivity index (χ2n) is 10.7. The summed E-state index contributed by atoms with van der Waals surface area (Å²) < 4.78 is 68.9. The third kappa shape index (κ3) is 19.6. The number of hydrogen-bond donors (Lipinski definition) is 1. The second kappa shape index (κ2) is 23.5. The van der Waals surface area contributed by atoms with Crippen molar-refractivity contribution in [1.82, 2.24) is 14.7 Å². The fourth-order valence-corrected chi connectivity index (χ4v) is 5.72. The van der Waals surface area contributed by atoms with Gasteiger partial charge >= 0.3 is 12.1 Å². The number of carbonyl (C=O) groups is 1. The van der Waals surface area contributed by atoms with E-state index in [-0.39, 0.29) is 61.2 Å². The van der Waals surface area contributed by atoms with Gasteiger partial charge in [-0.25, -0.2) is 23.1 Å². The van der Waals surface area contributed by atoms with E-state index in [4.69, 9.17) is 14.5 Å². The number of thiophene rings is 1. The van der Waals surface area contributed by atoms with Gasteiger partial charge in [0.15, 0.2) is 5.75 Å². The number of fused-ring (bicyclic) bond motifs is 1. The number of rotatable bonds is 8. The highest BCUT2D eigenvalue weighted by Gasteiger charge is 2.35. The molecular formula is C34H60F3N3O5S2. The number of para-hydroxylation sites is 2. The van der Waals surface area contributed by atoms with Gasteiger partial charge in [0.05, 0.1) is 27.9 Å². The van der Waals surface area contributed by atoms with Crippen LogP contribution in [0.15, 0.2) is 41.8 Å². The highest BCUT2D eigenvalue weighted by atomic mass is 32.2. The molecule has 47 heavy (non-hydrogen) atoms. The third-order valence-corrected chi connectivity index (χ3v) is 7.88. The van der Waals surface area contributed by atoms with Gasteiger partial charge in [-0.3, -0.25) is 4.79 Å². The zero-order valence-electron chi connectivity index (χ0n) is 24.8. The quantitative estimate of drug-likeness (QED) is 0.232. The molecule has 0 bridgehead atoms. The van der Waals surface area contributed by atoms with Crippen molar-refractivity contribution in [3.05, 3.63) is 41.8 Å². The number of nitrogens with one attached hydrogen (secondary N) is 1. The maximum Gasteiger partial charge on any atom is 0.404 e. The fourth-order valence-electron chi connectivity index (χ4n) is 3.79. The van der Waals surface area contributed by atoms with E-state index in [0.717, 1.165) is 34.4 Å². The molecule has 2 aromatic heterocycles. The van der Waals surface area contributed by atoms with Crippen LogP contribution >= 0.6 is 11.3 Å². The van der Waals surface area contributed by atoms with Crippen LogP contribution in [0.5, 0.6) is 5.88 Å². The Morgan fingerprint density at radius 1 is 0.915 bits per heavy atom. The maximum atomic E-state index is 11.6. The Morgan fingerprint density at radius 3 is 1.87 bits per heavy atom.